The lowest BCUT2D eigenvalue weighted by atomic mass is 9.76. The molecule has 0 aromatic heterocycles. The van der Waals surface area contributed by atoms with Gasteiger partial charge in [0.1, 0.15) is 5.60 Å². The quantitative estimate of drug-likeness (QED) is 0.0988. The van der Waals surface area contributed by atoms with Crippen molar-refractivity contribution in [2.75, 3.05) is 6.61 Å². The molecule has 0 amide bonds. The summed E-state index contributed by atoms with van der Waals surface area (Å²) in [7, 11) is -0.214. The first-order valence-corrected chi connectivity index (χ1v) is 19.5. The third-order valence-corrected chi connectivity index (χ3v) is 11.7. The largest absolute Gasteiger partial charge is 0.457 e. The molecule has 4 aromatic rings. The fourth-order valence-electron chi connectivity index (χ4n) is 8.92. The van der Waals surface area contributed by atoms with Gasteiger partial charge < -0.3 is 18.8 Å². The van der Waals surface area contributed by atoms with E-state index in [0.29, 0.717) is 25.0 Å². The predicted octanol–water partition coefficient (Wildman–Crippen LogP) is 10.6. The van der Waals surface area contributed by atoms with Gasteiger partial charge in [0.25, 0.3) is 0 Å². The molecule has 7 rings (SSSR count). The summed E-state index contributed by atoms with van der Waals surface area (Å²) in [5, 5.41) is 0. The van der Waals surface area contributed by atoms with E-state index in [1.54, 1.807) is 0 Å². The Morgan fingerprint density at radius 1 is 0.600 bits per heavy atom. The first-order chi connectivity index (χ1) is 24.7. The summed E-state index contributed by atoms with van der Waals surface area (Å²) < 4.78 is 28.2. The Labute approximate surface area is 301 Å². The van der Waals surface area contributed by atoms with Crippen LogP contribution in [-0.4, -0.2) is 32.0 Å². The van der Waals surface area contributed by atoms with E-state index in [-0.39, 0.29) is 31.3 Å². The van der Waals surface area contributed by atoms with Gasteiger partial charge in [-0.05, 0) is 72.0 Å². The topological polar surface area (TPSA) is 36.9 Å². The Bertz CT molecular complexity index is 1420. The standard InChI is InChI=1S/C45H55BO4/c1-35(32-46-49-43(37-22-10-3-11-23-37)44(50-46)38-24-12-4-13-25-38)42(47-33-36-20-8-2-9-21-36)34-48-45(39-26-14-5-15-27-39,40-28-16-6-17-29-40)41-30-18-7-19-31-41/h2,5-9,14-21,26-31,35,37-38,42-44H,3-4,10-13,22-25,32-34H2,1H3/t35-,42+,43-,44-/m1/s1. The van der Waals surface area contributed by atoms with E-state index in [0.717, 1.165) is 28.6 Å². The molecule has 5 heteroatoms. The van der Waals surface area contributed by atoms with Crippen LogP contribution < -0.4 is 0 Å². The molecule has 3 aliphatic rings. The van der Waals surface area contributed by atoms with Crippen LogP contribution in [-0.2, 0) is 31.0 Å². The Morgan fingerprint density at radius 3 is 1.46 bits per heavy atom. The van der Waals surface area contributed by atoms with Gasteiger partial charge in [-0.15, -0.1) is 0 Å². The highest BCUT2D eigenvalue weighted by molar-refractivity contribution is 6.45. The van der Waals surface area contributed by atoms with Gasteiger partial charge in [0.15, 0.2) is 0 Å². The smallest absolute Gasteiger partial charge is 0.405 e. The van der Waals surface area contributed by atoms with Gasteiger partial charge in [-0.1, -0.05) is 167 Å². The van der Waals surface area contributed by atoms with Gasteiger partial charge in [0.2, 0.25) is 0 Å². The molecule has 0 bridgehead atoms. The molecule has 1 heterocycles. The summed E-state index contributed by atoms with van der Waals surface area (Å²) in [6.45, 7) is 3.23. The van der Waals surface area contributed by atoms with E-state index in [2.05, 4.69) is 128 Å². The summed E-state index contributed by atoms with van der Waals surface area (Å²) in [4.78, 5) is 0. The molecule has 0 unspecified atom stereocenters. The Kier molecular flexibility index (Phi) is 12.2. The summed E-state index contributed by atoms with van der Waals surface area (Å²) in [5.41, 5.74) is 3.64. The summed E-state index contributed by atoms with van der Waals surface area (Å²) in [6, 6.07) is 42.4. The second-order valence-electron chi connectivity index (χ2n) is 15.1. The van der Waals surface area contributed by atoms with Crippen LogP contribution in [0, 0.1) is 17.8 Å². The van der Waals surface area contributed by atoms with Crippen molar-refractivity contribution >= 4 is 7.12 Å². The predicted molar refractivity (Wildman–Crippen MR) is 203 cm³/mol. The van der Waals surface area contributed by atoms with E-state index in [1.165, 1.54) is 64.2 Å². The lowest BCUT2D eigenvalue weighted by Crippen LogP contribution is -2.39. The second-order valence-corrected chi connectivity index (χ2v) is 15.1. The minimum atomic E-state index is -0.809. The number of benzene rings is 4. The zero-order chi connectivity index (χ0) is 34.0. The maximum atomic E-state index is 7.35. The second kappa shape index (κ2) is 17.3. The maximum absolute atomic E-state index is 7.35. The summed E-state index contributed by atoms with van der Waals surface area (Å²) in [6.07, 6.45) is 14.1. The Balaban J connectivity index is 1.16. The molecule has 262 valence electrons. The highest BCUT2D eigenvalue weighted by atomic mass is 16.7. The fourth-order valence-corrected chi connectivity index (χ4v) is 8.92. The monoisotopic (exact) mass is 670 g/mol. The number of hydrogen-bond donors (Lipinski definition) is 0. The van der Waals surface area contributed by atoms with Crippen LogP contribution in [0.2, 0.25) is 6.32 Å². The highest BCUT2D eigenvalue weighted by Crippen LogP contribution is 2.43. The third-order valence-electron chi connectivity index (χ3n) is 11.7. The average molecular weight is 671 g/mol. The molecule has 4 nitrogen and oxygen atoms in total. The van der Waals surface area contributed by atoms with E-state index in [9.17, 15) is 0 Å². The normalized spacial score (nSPS) is 22.0. The first kappa shape index (κ1) is 35.2. The summed E-state index contributed by atoms with van der Waals surface area (Å²) in [5.74, 6) is 1.38. The molecule has 1 aliphatic heterocycles. The van der Waals surface area contributed by atoms with Crippen molar-refractivity contribution in [1.29, 1.82) is 0 Å². The SMILES string of the molecule is C[C@H](CB1O[C@H](C2CCCCC2)[C@@H](C2CCCCC2)O1)[C@H](COC(c1ccccc1)(c1ccccc1)c1ccccc1)OCc1ccccc1. The van der Waals surface area contributed by atoms with Crippen molar-refractivity contribution in [2.45, 2.75) is 108 Å². The average Bonchev–Trinajstić information content (AvgIpc) is 3.62. The van der Waals surface area contributed by atoms with E-state index in [4.69, 9.17) is 18.8 Å². The van der Waals surface area contributed by atoms with Gasteiger partial charge in [-0.3, -0.25) is 0 Å². The van der Waals surface area contributed by atoms with Crippen molar-refractivity contribution in [3.63, 3.8) is 0 Å². The number of ether oxygens (including phenoxy) is 2. The number of hydrogen-bond acceptors (Lipinski definition) is 4. The van der Waals surface area contributed by atoms with Gasteiger partial charge in [0, 0.05) is 0 Å². The molecular formula is C45H55BO4. The van der Waals surface area contributed by atoms with Crippen LogP contribution in [0.4, 0.5) is 0 Å². The molecule has 0 radical (unpaired) electrons. The van der Waals surface area contributed by atoms with Crippen LogP contribution >= 0.6 is 0 Å². The van der Waals surface area contributed by atoms with Gasteiger partial charge >= 0.3 is 7.12 Å². The van der Waals surface area contributed by atoms with Crippen molar-refractivity contribution in [1.82, 2.24) is 0 Å². The molecule has 4 atom stereocenters. The Hall–Kier alpha value is -3.22. The van der Waals surface area contributed by atoms with E-state index in [1.807, 2.05) is 0 Å². The van der Waals surface area contributed by atoms with Crippen molar-refractivity contribution in [3.8, 4) is 0 Å². The van der Waals surface area contributed by atoms with Crippen molar-refractivity contribution in [3.05, 3.63) is 144 Å². The van der Waals surface area contributed by atoms with E-state index < -0.39 is 5.60 Å². The zero-order valence-electron chi connectivity index (χ0n) is 29.9. The molecule has 1 saturated heterocycles. The molecule has 50 heavy (non-hydrogen) atoms. The van der Waals surface area contributed by atoms with Gasteiger partial charge in [-0.2, -0.15) is 0 Å². The van der Waals surface area contributed by atoms with Crippen LogP contribution in [0.3, 0.4) is 0 Å². The lowest BCUT2D eigenvalue weighted by molar-refractivity contribution is -0.0862. The first-order valence-electron chi connectivity index (χ1n) is 19.5. The van der Waals surface area contributed by atoms with Crippen LogP contribution in [0.15, 0.2) is 121 Å². The highest BCUT2D eigenvalue weighted by Gasteiger charge is 2.48. The molecule has 3 fully saturated rings. The lowest BCUT2D eigenvalue weighted by Gasteiger charge is -2.38. The fraction of sp³-hybridized carbons (Fsp3) is 0.467. The van der Waals surface area contributed by atoms with Gasteiger partial charge in [-0.25, -0.2) is 0 Å². The summed E-state index contributed by atoms with van der Waals surface area (Å²) >= 11 is 0. The molecule has 0 spiro atoms. The minimum Gasteiger partial charge on any atom is -0.405 e. The molecule has 0 N–H and O–H groups in total. The number of rotatable bonds is 14. The molecule has 4 aromatic carbocycles. The van der Waals surface area contributed by atoms with E-state index >= 15 is 0 Å². The van der Waals surface area contributed by atoms with Crippen molar-refractivity contribution in [2.24, 2.45) is 17.8 Å². The molecular weight excluding hydrogens is 615 g/mol. The molecule has 2 saturated carbocycles. The van der Waals surface area contributed by atoms with Crippen molar-refractivity contribution < 1.29 is 18.8 Å². The third kappa shape index (κ3) is 8.29. The maximum Gasteiger partial charge on any atom is 0.457 e. The van der Waals surface area contributed by atoms with Crippen LogP contribution in [0.5, 0.6) is 0 Å². The minimum absolute atomic E-state index is 0.140. The molecule has 2 aliphatic carbocycles. The van der Waals surface area contributed by atoms with Crippen LogP contribution in [0.25, 0.3) is 0 Å². The van der Waals surface area contributed by atoms with Gasteiger partial charge in [0.05, 0.1) is 31.5 Å². The zero-order valence-corrected chi connectivity index (χ0v) is 29.9. The Morgan fingerprint density at radius 2 is 1.02 bits per heavy atom. The van der Waals surface area contributed by atoms with Crippen LogP contribution in [0.1, 0.15) is 93.4 Å².